The summed E-state index contributed by atoms with van der Waals surface area (Å²) < 4.78 is 12.0. The van der Waals surface area contributed by atoms with Gasteiger partial charge in [-0.2, -0.15) is 0 Å². The number of methoxy groups -OCH3 is 1. The third kappa shape index (κ3) is 4.45. The third-order valence-electron chi connectivity index (χ3n) is 3.94. The van der Waals surface area contributed by atoms with E-state index in [4.69, 9.17) is 9.47 Å². The predicted octanol–water partition coefficient (Wildman–Crippen LogP) is 4.23. The van der Waals surface area contributed by atoms with E-state index in [1.807, 2.05) is 36.4 Å². The molecule has 0 fully saturated rings. The smallest absolute Gasteiger partial charge is 0.175 e. The second-order valence-electron chi connectivity index (χ2n) is 5.84. The summed E-state index contributed by atoms with van der Waals surface area (Å²) >= 11 is 3.55. The van der Waals surface area contributed by atoms with E-state index in [1.54, 1.807) is 13.2 Å². The van der Waals surface area contributed by atoms with Crippen LogP contribution in [-0.4, -0.2) is 30.2 Å². The Kier molecular flexibility index (Phi) is 6.30. The number of aromatic amines is 1. The number of para-hydroxylation sites is 2. The van der Waals surface area contributed by atoms with Crippen molar-refractivity contribution in [1.82, 2.24) is 15.3 Å². The van der Waals surface area contributed by atoms with E-state index in [0.717, 1.165) is 46.4 Å². The van der Waals surface area contributed by atoms with Gasteiger partial charge in [0, 0.05) is 19.5 Å². The molecule has 5 nitrogen and oxygen atoms in total. The zero-order chi connectivity index (χ0) is 18.4. The molecule has 136 valence electrons. The van der Waals surface area contributed by atoms with Crippen molar-refractivity contribution in [2.75, 3.05) is 20.3 Å². The number of aromatic nitrogens is 2. The average molecular weight is 416 g/mol. The van der Waals surface area contributed by atoms with Crippen LogP contribution in [0.4, 0.5) is 0 Å². The Balaban J connectivity index is 1.57. The number of hydrogen-bond donors (Lipinski definition) is 2. The summed E-state index contributed by atoms with van der Waals surface area (Å²) in [5.41, 5.74) is 3.20. The van der Waals surface area contributed by atoms with Crippen molar-refractivity contribution in [2.45, 2.75) is 13.0 Å². The maximum absolute atomic E-state index is 5.65. The SMILES string of the molecule is C=CCOc1c(Br)cc(CNCCc2nc3ccccc3[nH]2)cc1OC. The van der Waals surface area contributed by atoms with E-state index in [-0.39, 0.29) is 0 Å². The number of rotatable bonds is 9. The number of H-pyrrole nitrogens is 1. The number of nitrogens with one attached hydrogen (secondary N) is 2. The highest BCUT2D eigenvalue weighted by Gasteiger charge is 2.11. The standard InChI is InChI=1S/C20H22BrN3O2/c1-3-10-26-20-15(21)11-14(12-18(20)25-2)13-22-9-8-19-23-16-6-4-5-7-17(16)24-19/h3-7,11-12,22H,1,8-10,13H2,2H3,(H,23,24). The lowest BCUT2D eigenvalue weighted by Gasteiger charge is -2.13. The van der Waals surface area contributed by atoms with Crippen LogP contribution >= 0.6 is 15.9 Å². The normalized spacial score (nSPS) is 10.8. The first-order chi connectivity index (χ1) is 12.7. The molecular weight excluding hydrogens is 394 g/mol. The van der Waals surface area contributed by atoms with Crippen molar-refractivity contribution in [3.8, 4) is 11.5 Å². The molecule has 0 saturated carbocycles. The van der Waals surface area contributed by atoms with Gasteiger partial charge in [-0.15, -0.1) is 0 Å². The summed E-state index contributed by atoms with van der Waals surface area (Å²) in [6.45, 7) is 5.66. The maximum Gasteiger partial charge on any atom is 0.175 e. The molecule has 0 aliphatic carbocycles. The minimum absolute atomic E-state index is 0.435. The van der Waals surface area contributed by atoms with Crippen LogP contribution in [0.25, 0.3) is 11.0 Å². The van der Waals surface area contributed by atoms with Gasteiger partial charge in [-0.3, -0.25) is 0 Å². The van der Waals surface area contributed by atoms with Gasteiger partial charge in [-0.25, -0.2) is 4.98 Å². The van der Waals surface area contributed by atoms with Crippen LogP contribution in [0.2, 0.25) is 0 Å². The van der Waals surface area contributed by atoms with Gasteiger partial charge in [0.1, 0.15) is 12.4 Å². The van der Waals surface area contributed by atoms with Gasteiger partial charge in [-0.05, 0) is 45.8 Å². The first-order valence-electron chi connectivity index (χ1n) is 8.45. The highest BCUT2D eigenvalue weighted by Crippen LogP contribution is 2.36. The molecule has 0 saturated heterocycles. The second-order valence-corrected chi connectivity index (χ2v) is 6.69. The molecule has 0 radical (unpaired) electrons. The van der Waals surface area contributed by atoms with Crippen LogP contribution in [0.15, 0.2) is 53.5 Å². The fraction of sp³-hybridized carbons (Fsp3) is 0.250. The van der Waals surface area contributed by atoms with E-state index in [1.165, 1.54) is 0 Å². The number of nitrogens with zero attached hydrogens (tertiary/aromatic N) is 1. The Hall–Kier alpha value is -2.31. The molecule has 6 heteroatoms. The molecule has 0 bridgehead atoms. The summed E-state index contributed by atoms with van der Waals surface area (Å²) in [6.07, 6.45) is 2.55. The lowest BCUT2D eigenvalue weighted by molar-refractivity contribution is 0.324. The first-order valence-corrected chi connectivity index (χ1v) is 9.25. The molecule has 3 rings (SSSR count). The zero-order valence-electron chi connectivity index (χ0n) is 14.7. The Morgan fingerprint density at radius 1 is 1.31 bits per heavy atom. The highest BCUT2D eigenvalue weighted by atomic mass is 79.9. The van der Waals surface area contributed by atoms with Crippen molar-refractivity contribution >= 4 is 27.0 Å². The van der Waals surface area contributed by atoms with E-state index in [9.17, 15) is 0 Å². The highest BCUT2D eigenvalue weighted by molar-refractivity contribution is 9.10. The fourth-order valence-corrected chi connectivity index (χ4v) is 3.33. The molecule has 2 N–H and O–H groups in total. The molecule has 1 heterocycles. The van der Waals surface area contributed by atoms with E-state index in [2.05, 4.69) is 37.8 Å². The van der Waals surface area contributed by atoms with Gasteiger partial charge in [0.25, 0.3) is 0 Å². The van der Waals surface area contributed by atoms with Crippen LogP contribution in [0, 0.1) is 0 Å². The Bertz CT molecular complexity index is 859. The van der Waals surface area contributed by atoms with Crippen LogP contribution in [0.1, 0.15) is 11.4 Å². The summed E-state index contributed by atoms with van der Waals surface area (Å²) in [6, 6.07) is 12.1. The Labute approximate surface area is 161 Å². The average Bonchev–Trinajstić information content (AvgIpc) is 3.07. The van der Waals surface area contributed by atoms with Crippen molar-refractivity contribution in [1.29, 1.82) is 0 Å². The molecule has 0 amide bonds. The Morgan fingerprint density at radius 3 is 2.92 bits per heavy atom. The summed E-state index contributed by atoms with van der Waals surface area (Å²) in [5, 5.41) is 3.44. The summed E-state index contributed by atoms with van der Waals surface area (Å²) in [7, 11) is 1.64. The predicted molar refractivity (Wildman–Crippen MR) is 108 cm³/mol. The molecule has 0 aliphatic rings. The van der Waals surface area contributed by atoms with Crippen molar-refractivity contribution in [3.05, 3.63) is 64.9 Å². The van der Waals surface area contributed by atoms with Gasteiger partial charge in [0.15, 0.2) is 11.5 Å². The van der Waals surface area contributed by atoms with Gasteiger partial charge < -0.3 is 19.8 Å². The number of halogens is 1. The number of ether oxygens (including phenoxy) is 2. The van der Waals surface area contributed by atoms with E-state index in [0.29, 0.717) is 18.1 Å². The van der Waals surface area contributed by atoms with Crippen molar-refractivity contribution in [3.63, 3.8) is 0 Å². The van der Waals surface area contributed by atoms with Gasteiger partial charge in [-0.1, -0.05) is 24.8 Å². The molecule has 0 aliphatic heterocycles. The van der Waals surface area contributed by atoms with Crippen molar-refractivity contribution < 1.29 is 9.47 Å². The molecular formula is C20H22BrN3O2. The maximum atomic E-state index is 5.65. The minimum Gasteiger partial charge on any atom is -0.493 e. The molecule has 0 unspecified atom stereocenters. The minimum atomic E-state index is 0.435. The monoisotopic (exact) mass is 415 g/mol. The quantitative estimate of drug-likeness (QED) is 0.405. The van der Waals surface area contributed by atoms with Crippen molar-refractivity contribution in [2.24, 2.45) is 0 Å². The molecule has 2 aromatic carbocycles. The van der Waals surface area contributed by atoms with Crippen LogP contribution in [0.5, 0.6) is 11.5 Å². The van der Waals surface area contributed by atoms with Crippen LogP contribution < -0.4 is 14.8 Å². The topological polar surface area (TPSA) is 59.2 Å². The molecule has 3 aromatic rings. The van der Waals surface area contributed by atoms with Crippen LogP contribution in [0.3, 0.4) is 0 Å². The molecule has 1 aromatic heterocycles. The lowest BCUT2D eigenvalue weighted by atomic mass is 10.2. The van der Waals surface area contributed by atoms with Gasteiger partial charge in [0.05, 0.1) is 22.6 Å². The molecule has 26 heavy (non-hydrogen) atoms. The lowest BCUT2D eigenvalue weighted by Crippen LogP contribution is -2.17. The van der Waals surface area contributed by atoms with E-state index < -0.39 is 0 Å². The number of hydrogen-bond acceptors (Lipinski definition) is 4. The largest absolute Gasteiger partial charge is 0.493 e. The third-order valence-corrected chi connectivity index (χ3v) is 4.53. The number of fused-ring (bicyclic) bond motifs is 1. The first kappa shape index (κ1) is 18.5. The van der Waals surface area contributed by atoms with E-state index >= 15 is 0 Å². The van der Waals surface area contributed by atoms with Crippen LogP contribution in [-0.2, 0) is 13.0 Å². The van der Waals surface area contributed by atoms with Gasteiger partial charge in [0.2, 0.25) is 0 Å². The fourth-order valence-electron chi connectivity index (χ4n) is 2.72. The zero-order valence-corrected chi connectivity index (χ0v) is 16.3. The van der Waals surface area contributed by atoms with Gasteiger partial charge >= 0.3 is 0 Å². The molecule has 0 atom stereocenters. The molecule has 0 spiro atoms. The second kappa shape index (κ2) is 8.87. The number of benzene rings is 2. The Morgan fingerprint density at radius 2 is 2.15 bits per heavy atom. The number of imidazole rings is 1. The summed E-state index contributed by atoms with van der Waals surface area (Å²) in [4.78, 5) is 7.94. The summed E-state index contributed by atoms with van der Waals surface area (Å²) in [5.74, 6) is 2.39.